The van der Waals surface area contributed by atoms with Crippen molar-refractivity contribution in [2.75, 3.05) is 112 Å². The molecule has 1 fully saturated rings. The van der Waals surface area contributed by atoms with Crippen LogP contribution < -0.4 is 26.6 Å². The van der Waals surface area contributed by atoms with Gasteiger partial charge in [-0.05, 0) is 6.92 Å². The van der Waals surface area contributed by atoms with E-state index in [0.29, 0.717) is 39.4 Å². The van der Waals surface area contributed by atoms with Crippen molar-refractivity contribution >= 4 is 47.3 Å². The molecule has 21 nitrogen and oxygen atoms in total. The molecule has 0 aromatic rings. The van der Waals surface area contributed by atoms with Crippen molar-refractivity contribution in [3.8, 4) is 0 Å². The Balaban J connectivity index is 1.50. The molecule has 2 atom stereocenters. The molecule has 0 saturated carbocycles. The van der Waals surface area contributed by atoms with Crippen molar-refractivity contribution in [1.82, 2.24) is 31.5 Å². The number of nitrogens with zero attached hydrogens (tertiary/aromatic N) is 1. The molecule has 0 radical (unpaired) electrons. The summed E-state index contributed by atoms with van der Waals surface area (Å²) in [6.45, 7) is 5.21. The minimum Gasteiger partial charge on any atom is -0.464 e. The molecule has 0 spiro atoms. The first-order chi connectivity index (χ1) is 26.6. The maximum atomic E-state index is 12.9. The standard InChI is InChI=1S/C34H54N6O15/c1-2-35-30(44)24-54-22-21-51-14-9-37-33(47)26(23-29(43)38-25-6-12-55-34(25)48)39-28(42)7-11-49-15-17-52-19-20-53-18-16-50-13-8-36-27(41)5-10-40-31(45)3-4-32(40)46/h3-4,25-26H,2,5-24H2,1H3,(H,35,44)(H,36,41)(H,37,47)(H,38,43)(H,39,42)/t25-,26-/m0/s1. The summed E-state index contributed by atoms with van der Waals surface area (Å²) in [4.78, 5) is 96.9. The fourth-order valence-electron chi connectivity index (χ4n) is 4.69. The van der Waals surface area contributed by atoms with Crippen LogP contribution >= 0.6 is 0 Å². The fraction of sp³-hybridized carbons (Fsp3) is 0.706. The van der Waals surface area contributed by atoms with Gasteiger partial charge in [-0.2, -0.15) is 0 Å². The highest BCUT2D eigenvalue weighted by atomic mass is 16.6. The third kappa shape index (κ3) is 21.8. The maximum absolute atomic E-state index is 12.9. The number of likely N-dealkylation sites (N-methyl/N-ethyl adjacent to an activating group) is 1. The third-order valence-electron chi connectivity index (χ3n) is 7.46. The minimum atomic E-state index is -1.23. The monoisotopic (exact) mass is 786 g/mol. The summed E-state index contributed by atoms with van der Waals surface area (Å²) in [7, 11) is 0. The van der Waals surface area contributed by atoms with Gasteiger partial charge in [0.25, 0.3) is 11.8 Å². The summed E-state index contributed by atoms with van der Waals surface area (Å²) in [5.41, 5.74) is 0. The van der Waals surface area contributed by atoms with Crippen molar-refractivity contribution < 1.29 is 71.5 Å². The number of hydrogen-bond donors (Lipinski definition) is 5. The molecule has 2 heterocycles. The summed E-state index contributed by atoms with van der Waals surface area (Å²) in [6.07, 6.45) is 2.15. The van der Waals surface area contributed by atoms with Crippen LogP contribution in [0.1, 0.15) is 32.6 Å². The molecule has 0 aromatic heterocycles. The summed E-state index contributed by atoms with van der Waals surface area (Å²) >= 11 is 0. The lowest BCUT2D eigenvalue weighted by Gasteiger charge is -2.19. The molecule has 0 bridgehead atoms. The van der Waals surface area contributed by atoms with Crippen LogP contribution in [-0.4, -0.2) is 176 Å². The number of imide groups is 1. The van der Waals surface area contributed by atoms with Crippen molar-refractivity contribution in [3.05, 3.63) is 12.2 Å². The predicted molar refractivity (Wildman–Crippen MR) is 189 cm³/mol. The smallest absolute Gasteiger partial charge is 0.328 e. The number of cyclic esters (lactones) is 1. The zero-order valence-corrected chi connectivity index (χ0v) is 31.2. The number of nitrogens with one attached hydrogen (secondary N) is 5. The second-order valence-corrected chi connectivity index (χ2v) is 11.8. The first-order valence-corrected chi connectivity index (χ1v) is 18.2. The Bertz CT molecular complexity index is 1270. The molecule has 2 aliphatic heterocycles. The van der Waals surface area contributed by atoms with Gasteiger partial charge >= 0.3 is 5.97 Å². The normalized spacial score (nSPS) is 15.5. The number of carbonyl (C=O) groups excluding carboxylic acids is 8. The Morgan fingerprint density at radius 2 is 1.25 bits per heavy atom. The van der Waals surface area contributed by atoms with Crippen LogP contribution in [0.5, 0.6) is 0 Å². The van der Waals surface area contributed by atoms with Crippen LogP contribution in [0.25, 0.3) is 0 Å². The van der Waals surface area contributed by atoms with E-state index in [0.717, 1.165) is 4.90 Å². The van der Waals surface area contributed by atoms with Gasteiger partial charge in [-0.3, -0.25) is 38.5 Å². The van der Waals surface area contributed by atoms with Gasteiger partial charge in [-0.15, -0.1) is 0 Å². The molecule has 2 aliphatic rings. The molecule has 1 saturated heterocycles. The molecule has 0 aromatic carbocycles. The van der Waals surface area contributed by atoms with E-state index in [1.54, 1.807) is 6.92 Å². The van der Waals surface area contributed by atoms with E-state index in [2.05, 4.69) is 26.6 Å². The van der Waals surface area contributed by atoms with Gasteiger partial charge in [0.15, 0.2) is 0 Å². The first-order valence-electron chi connectivity index (χ1n) is 18.2. The topological polar surface area (TPSA) is 265 Å². The number of amides is 7. The van der Waals surface area contributed by atoms with Gasteiger partial charge in [-0.1, -0.05) is 0 Å². The second kappa shape index (κ2) is 28.8. The van der Waals surface area contributed by atoms with E-state index in [9.17, 15) is 38.4 Å². The van der Waals surface area contributed by atoms with Gasteiger partial charge in [0.05, 0.1) is 85.7 Å². The van der Waals surface area contributed by atoms with Crippen LogP contribution in [0.4, 0.5) is 0 Å². The van der Waals surface area contributed by atoms with E-state index in [1.165, 1.54) is 12.2 Å². The summed E-state index contributed by atoms with van der Waals surface area (Å²) in [5, 5.41) is 12.9. The molecule has 0 unspecified atom stereocenters. The average molecular weight is 787 g/mol. The lowest BCUT2D eigenvalue weighted by molar-refractivity contribution is -0.141. The molecule has 55 heavy (non-hydrogen) atoms. The quantitative estimate of drug-likeness (QED) is 0.0251. The van der Waals surface area contributed by atoms with E-state index in [1.807, 2.05) is 0 Å². The van der Waals surface area contributed by atoms with Crippen LogP contribution in [0.2, 0.25) is 0 Å². The Labute approximate surface area is 319 Å². The van der Waals surface area contributed by atoms with Crippen LogP contribution in [0.3, 0.4) is 0 Å². The molecule has 21 heteroatoms. The highest BCUT2D eigenvalue weighted by Crippen LogP contribution is 2.07. The van der Waals surface area contributed by atoms with E-state index < -0.39 is 54.0 Å². The lowest BCUT2D eigenvalue weighted by atomic mass is 10.1. The van der Waals surface area contributed by atoms with Crippen LogP contribution in [0.15, 0.2) is 12.2 Å². The van der Waals surface area contributed by atoms with Gasteiger partial charge in [0.1, 0.15) is 18.7 Å². The zero-order valence-electron chi connectivity index (χ0n) is 31.2. The second-order valence-electron chi connectivity index (χ2n) is 11.8. The SMILES string of the molecule is CCNC(=O)COCCOCCNC(=O)[C@H](CC(=O)N[C@H]1CCOC1=O)NC(=O)CCOCCOCCOCCOCCNC(=O)CCN1C(=O)C=CC1=O. The van der Waals surface area contributed by atoms with Crippen molar-refractivity contribution in [2.45, 2.75) is 44.7 Å². The molecular weight excluding hydrogens is 732 g/mol. The van der Waals surface area contributed by atoms with E-state index >= 15 is 0 Å². The molecular formula is C34H54N6O15. The van der Waals surface area contributed by atoms with Crippen molar-refractivity contribution in [3.63, 3.8) is 0 Å². The number of hydrogen-bond acceptors (Lipinski definition) is 15. The lowest BCUT2D eigenvalue weighted by Crippen LogP contribution is -2.51. The van der Waals surface area contributed by atoms with Crippen molar-refractivity contribution in [1.29, 1.82) is 0 Å². The summed E-state index contributed by atoms with van der Waals surface area (Å²) in [5.74, 6) is -3.72. The highest BCUT2D eigenvalue weighted by molar-refractivity contribution is 6.13. The Kier molecular flexibility index (Phi) is 24.4. The Morgan fingerprint density at radius 3 is 1.84 bits per heavy atom. The minimum absolute atomic E-state index is 0.00792. The van der Waals surface area contributed by atoms with Crippen molar-refractivity contribution in [2.24, 2.45) is 0 Å². The van der Waals surface area contributed by atoms with Gasteiger partial charge in [0.2, 0.25) is 29.5 Å². The van der Waals surface area contributed by atoms with Gasteiger partial charge in [0, 0.05) is 57.6 Å². The summed E-state index contributed by atoms with van der Waals surface area (Å²) in [6, 6.07) is -2.04. The Morgan fingerprint density at radius 1 is 0.691 bits per heavy atom. The fourth-order valence-corrected chi connectivity index (χ4v) is 4.69. The average Bonchev–Trinajstić information content (AvgIpc) is 3.71. The first kappa shape index (κ1) is 46.6. The Hall–Kier alpha value is -4.54. The van der Waals surface area contributed by atoms with Crippen LogP contribution in [-0.2, 0) is 71.5 Å². The van der Waals surface area contributed by atoms with Gasteiger partial charge in [-0.25, -0.2) is 4.79 Å². The summed E-state index contributed by atoms with van der Waals surface area (Å²) < 4.78 is 37.1. The predicted octanol–water partition coefficient (Wildman–Crippen LogP) is -3.53. The molecule has 310 valence electrons. The van der Waals surface area contributed by atoms with E-state index in [4.69, 9.17) is 33.2 Å². The molecule has 2 rings (SSSR count). The van der Waals surface area contributed by atoms with Crippen LogP contribution in [0, 0.1) is 0 Å². The molecule has 5 N–H and O–H groups in total. The maximum Gasteiger partial charge on any atom is 0.328 e. The molecule has 7 amide bonds. The number of ether oxygens (including phenoxy) is 7. The van der Waals surface area contributed by atoms with Gasteiger partial charge < -0.3 is 59.7 Å². The number of carbonyl (C=O) groups is 8. The molecule has 0 aliphatic carbocycles. The number of esters is 1. The third-order valence-corrected chi connectivity index (χ3v) is 7.46. The van der Waals surface area contributed by atoms with E-state index in [-0.39, 0.29) is 104 Å². The number of rotatable bonds is 32. The highest BCUT2D eigenvalue weighted by Gasteiger charge is 2.30. The zero-order chi connectivity index (χ0) is 40.1. The largest absolute Gasteiger partial charge is 0.464 e.